The number of rotatable bonds is 2. The third-order valence-electron chi connectivity index (χ3n) is 4.14. The highest BCUT2D eigenvalue weighted by molar-refractivity contribution is 6.11. The molecule has 0 N–H and O–H groups in total. The molecule has 4 rings (SSSR count). The number of benzene rings is 1. The predicted molar refractivity (Wildman–Crippen MR) is 86.0 cm³/mol. The summed E-state index contributed by atoms with van der Waals surface area (Å²) in [6, 6.07) is 6.58. The van der Waals surface area contributed by atoms with Crippen molar-refractivity contribution in [1.82, 2.24) is 14.1 Å². The number of fused-ring (bicyclic) bond motifs is 3. The van der Waals surface area contributed by atoms with Crippen LogP contribution in [0.5, 0.6) is 0 Å². The van der Waals surface area contributed by atoms with E-state index >= 15 is 0 Å². The maximum absolute atomic E-state index is 13.5. The van der Waals surface area contributed by atoms with Crippen LogP contribution >= 0.6 is 0 Å². The SMILES string of the molecule is [2H]c1nc(C([2H])([2H])[2H])n(CC2([2H])CCc3c(c4ccccc4n3C([2H])([2H])[2H])C2=O)c1[2H]. The Morgan fingerprint density at radius 1 is 1.50 bits per heavy atom. The van der Waals surface area contributed by atoms with E-state index in [2.05, 4.69) is 4.98 Å². The lowest BCUT2D eigenvalue weighted by Crippen LogP contribution is -2.27. The van der Waals surface area contributed by atoms with Gasteiger partial charge in [0.1, 0.15) is 5.82 Å². The lowest BCUT2D eigenvalue weighted by molar-refractivity contribution is 0.0888. The van der Waals surface area contributed by atoms with Crippen molar-refractivity contribution in [2.75, 3.05) is 0 Å². The first-order chi connectivity index (χ1) is 14.3. The minimum Gasteiger partial charge on any atom is -0.347 e. The van der Waals surface area contributed by atoms with Crippen molar-refractivity contribution in [3.63, 3.8) is 0 Å². The molecule has 2 aromatic heterocycles. The van der Waals surface area contributed by atoms with E-state index in [1.54, 1.807) is 24.3 Å². The first kappa shape index (κ1) is 6.82. The van der Waals surface area contributed by atoms with Crippen LogP contribution in [0.2, 0.25) is 0 Å². The van der Waals surface area contributed by atoms with Gasteiger partial charge < -0.3 is 9.13 Å². The van der Waals surface area contributed by atoms with Crippen molar-refractivity contribution in [2.24, 2.45) is 12.9 Å². The molecule has 0 bridgehead atoms. The summed E-state index contributed by atoms with van der Waals surface area (Å²) in [5, 5.41) is 0.420. The van der Waals surface area contributed by atoms with E-state index in [-0.39, 0.29) is 18.4 Å². The van der Waals surface area contributed by atoms with Crippen LogP contribution in [-0.4, -0.2) is 19.9 Å². The number of hydrogen-bond acceptors (Lipinski definition) is 2. The monoisotopic (exact) mass is 302 g/mol. The molecular weight excluding hydrogens is 274 g/mol. The van der Waals surface area contributed by atoms with Crippen molar-refractivity contribution in [1.29, 1.82) is 0 Å². The zero-order valence-corrected chi connectivity index (χ0v) is 11.7. The number of nitrogens with zero attached hydrogens (tertiary/aromatic N) is 3. The fraction of sp³-hybridized carbons (Fsp3) is 0.333. The molecule has 0 fully saturated rings. The molecule has 0 saturated heterocycles. The maximum Gasteiger partial charge on any atom is 0.170 e. The highest BCUT2D eigenvalue weighted by atomic mass is 16.1. The summed E-state index contributed by atoms with van der Waals surface area (Å²) in [4.78, 5) is 17.1. The smallest absolute Gasteiger partial charge is 0.170 e. The molecule has 0 saturated carbocycles. The molecule has 4 heteroatoms. The van der Waals surface area contributed by atoms with Gasteiger partial charge >= 0.3 is 0 Å². The molecule has 1 aliphatic carbocycles. The summed E-state index contributed by atoms with van der Waals surface area (Å²) < 4.78 is 73.2. The standard InChI is InChI=1S/C18H19N3O/c1-12-19-9-10-21(12)11-13-7-8-16-17(18(13)22)14-5-3-4-6-15(14)20(16)2/h3-6,9-10,13H,7-8,11H2,1-2H3/i1D3,2D3,9D,10D,13D. The number of para-hydroxylation sites is 1. The molecule has 0 aliphatic heterocycles. The Balaban J connectivity index is 1.86. The summed E-state index contributed by atoms with van der Waals surface area (Å²) >= 11 is 0. The Hall–Kier alpha value is -2.36. The minimum absolute atomic E-state index is 0.0589. The number of ketones is 1. The predicted octanol–water partition coefficient (Wildman–Crippen LogP) is 3.13. The van der Waals surface area contributed by atoms with Gasteiger partial charge in [-0.3, -0.25) is 4.79 Å². The number of hydrogen-bond donors (Lipinski definition) is 0. The molecule has 3 aromatic rings. The maximum atomic E-state index is 13.5. The zero-order chi connectivity index (χ0) is 22.9. The first-order valence-corrected chi connectivity index (χ1v) is 6.97. The van der Waals surface area contributed by atoms with Gasteiger partial charge in [-0.2, -0.15) is 0 Å². The zero-order valence-electron chi connectivity index (χ0n) is 20.7. The van der Waals surface area contributed by atoms with E-state index in [0.29, 0.717) is 16.6 Å². The molecule has 1 atom stereocenters. The van der Waals surface area contributed by atoms with Gasteiger partial charge in [0.25, 0.3) is 0 Å². The van der Waals surface area contributed by atoms with Crippen LogP contribution in [0.4, 0.5) is 0 Å². The van der Waals surface area contributed by atoms with E-state index in [1.807, 2.05) is 0 Å². The van der Waals surface area contributed by atoms with Gasteiger partial charge in [0.2, 0.25) is 0 Å². The second-order valence-corrected chi connectivity index (χ2v) is 5.35. The molecule has 4 nitrogen and oxygen atoms in total. The molecule has 1 aromatic carbocycles. The van der Waals surface area contributed by atoms with Gasteiger partial charge in [0.15, 0.2) is 5.78 Å². The highest BCUT2D eigenvalue weighted by Gasteiger charge is 2.32. The van der Waals surface area contributed by atoms with Crippen LogP contribution in [0.1, 0.15) is 40.6 Å². The number of aromatic nitrogens is 3. The first-order valence-electron chi connectivity index (χ1n) is 11.5. The summed E-state index contributed by atoms with van der Waals surface area (Å²) in [6.45, 7) is -5.69. The van der Waals surface area contributed by atoms with Gasteiger partial charge in [-0.25, -0.2) is 4.98 Å². The van der Waals surface area contributed by atoms with Gasteiger partial charge in [-0.15, -0.1) is 0 Å². The van der Waals surface area contributed by atoms with Crippen LogP contribution < -0.4 is 0 Å². The van der Waals surface area contributed by atoms with Crippen molar-refractivity contribution >= 4 is 16.7 Å². The van der Waals surface area contributed by atoms with Crippen molar-refractivity contribution in [3.8, 4) is 0 Å². The summed E-state index contributed by atoms with van der Waals surface area (Å²) in [5.41, 5.74) is 0.828. The molecule has 2 heterocycles. The average molecular weight is 302 g/mol. The molecular formula is C18H19N3O. The summed E-state index contributed by atoms with van der Waals surface area (Å²) in [6.07, 6.45) is -0.966. The number of imidazole rings is 1. The van der Waals surface area contributed by atoms with Crippen LogP contribution in [0.15, 0.2) is 36.6 Å². The highest BCUT2D eigenvalue weighted by Crippen LogP contribution is 2.34. The lowest BCUT2D eigenvalue weighted by atomic mass is 9.85. The third kappa shape index (κ3) is 1.83. The Bertz CT molecular complexity index is 1200. The molecule has 1 aliphatic rings. The normalized spacial score (nSPS) is 28.4. The van der Waals surface area contributed by atoms with Crippen LogP contribution in [0.25, 0.3) is 10.9 Å². The van der Waals surface area contributed by atoms with Crippen molar-refractivity contribution in [3.05, 3.63) is 53.7 Å². The quantitative estimate of drug-likeness (QED) is 0.729. The fourth-order valence-electron chi connectivity index (χ4n) is 3.05. The third-order valence-corrected chi connectivity index (χ3v) is 4.14. The largest absolute Gasteiger partial charge is 0.347 e. The number of carbonyl (C=O) groups is 1. The Morgan fingerprint density at radius 2 is 2.41 bits per heavy atom. The van der Waals surface area contributed by atoms with Gasteiger partial charge in [0, 0.05) is 63.5 Å². The van der Waals surface area contributed by atoms with E-state index in [0.717, 1.165) is 9.13 Å². The van der Waals surface area contributed by atoms with E-state index in [9.17, 15) is 4.79 Å². The molecule has 0 amide bonds. The number of carbonyl (C=O) groups excluding carboxylic acids is 1. The summed E-state index contributed by atoms with van der Waals surface area (Å²) in [7, 11) is 0. The van der Waals surface area contributed by atoms with Gasteiger partial charge in [0.05, 0.1) is 2.74 Å². The summed E-state index contributed by atoms with van der Waals surface area (Å²) in [5.74, 6) is -2.98. The van der Waals surface area contributed by atoms with Crippen molar-refractivity contribution in [2.45, 2.75) is 26.2 Å². The van der Waals surface area contributed by atoms with E-state index in [1.165, 1.54) is 0 Å². The van der Waals surface area contributed by atoms with E-state index in [4.69, 9.17) is 12.3 Å². The Morgan fingerprint density at radius 3 is 3.27 bits per heavy atom. The number of aryl methyl sites for hydroxylation is 2. The molecule has 22 heavy (non-hydrogen) atoms. The number of Topliss-reactive ketones (excluding diaryl/α,β-unsaturated/α-hetero) is 1. The molecule has 0 radical (unpaired) electrons. The minimum atomic E-state index is -2.72. The average Bonchev–Trinajstić information content (AvgIpc) is 3.14. The topological polar surface area (TPSA) is 39.8 Å². The second-order valence-electron chi connectivity index (χ2n) is 5.35. The van der Waals surface area contributed by atoms with E-state index < -0.39 is 50.2 Å². The van der Waals surface area contributed by atoms with Crippen LogP contribution in [0.3, 0.4) is 0 Å². The molecule has 0 spiro atoms. The molecule has 1 unspecified atom stereocenters. The van der Waals surface area contributed by atoms with Gasteiger partial charge in [-0.05, 0) is 25.8 Å². The Kier molecular flexibility index (Phi) is 1.50. The van der Waals surface area contributed by atoms with Crippen LogP contribution in [-0.2, 0) is 19.9 Å². The van der Waals surface area contributed by atoms with Gasteiger partial charge in [-0.1, -0.05) is 18.2 Å². The molecule has 112 valence electrons. The Labute approximate surface area is 142 Å². The second kappa shape index (κ2) is 4.83. The lowest BCUT2D eigenvalue weighted by Gasteiger charge is -2.23. The fourth-order valence-corrected chi connectivity index (χ4v) is 3.05. The van der Waals surface area contributed by atoms with Crippen molar-refractivity contribution < 1.29 is 17.1 Å². The van der Waals surface area contributed by atoms with Crippen LogP contribution in [0, 0.1) is 12.7 Å².